The van der Waals surface area contributed by atoms with E-state index in [4.69, 9.17) is 33.9 Å². The van der Waals surface area contributed by atoms with E-state index >= 15 is 0 Å². The second kappa shape index (κ2) is 5.56. The van der Waals surface area contributed by atoms with Gasteiger partial charge in [-0.3, -0.25) is 4.68 Å². The van der Waals surface area contributed by atoms with Gasteiger partial charge in [-0.2, -0.15) is 5.10 Å². The highest BCUT2D eigenvalue weighted by molar-refractivity contribution is 8.13. The van der Waals surface area contributed by atoms with Gasteiger partial charge in [0.25, 0.3) is 9.05 Å². The van der Waals surface area contributed by atoms with E-state index in [1.54, 1.807) is 36.7 Å². The number of halogens is 3. The fourth-order valence-corrected chi connectivity index (χ4v) is 3.84. The lowest BCUT2D eigenvalue weighted by atomic mass is 10.2. The first kappa shape index (κ1) is 15.6. The molecule has 0 saturated carbocycles. The van der Waals surface area contributed by atoms with Crippen molar-refractivity contribution in [2.45, 2.75) is 25.3 Å². The topological polar surface area (TPSA) is 52.0 Å². The summed E-state index contributed by atoms with van der Waals surface area (Å²) in [5.74, 6) is 0. The molecule has 2 rings (SSSR count). The Hall–Kier alpha value is -0.750. The molecule has 4 nitrogen and oxygen atoms in total. The van der Waals surface area contributed by atoms with Crippen molar-refractivity contribution in [1.29, 1.82) is 0 Å². The molecule has 1 aromatic heterocycles. The molecule has 0 atom stereocenters. The van der Waals surface area contributed by atoms with Crippen LogP contribution in [0, 0.1) is 13.8 Å². The fourth-order valence-electron chi connectivity index (χ4n) is 2.00. The summed E-state index contributed by atoms with van der Waals surface area (Å²) in [4.78, 5) is 0.0548. The summed E-state index contributed by atoms with van der Waals surface area (Å²) in [6.07, 6.45) is 0. The van der Waals surface area contributed by atoms with Gasteiger partial charge in [0.1, 0.15) is 4.90 Å². The van der Waals surface area contributed by atoms with Crippen molar-refractivity contribution >= 4 is 42.9 Å². The number of nitrogens with zero attached hydrogens (tertiary/aromatic N) is 2. The highest BCUT2D eigenvalue weighted by atomic mass is 35.7. The van der Waals surface area contributed by atoms with Gasteiger partial charge in [0.15, 0.2) is 0 Å². The van der Waals surface area contributed by atoms with Crippen molar-refractivity contribution in [3.63, 3.8) is 0 Å². The Bertz CT molecular complexity index is 769. The largest absolute Gasteiger partial charge is 0.264 e. The van der Waals surface area contributed by atoms with Gasteiger partial charge in [-0.1, -0.05) is 29.3 Å². The van der Waals surface area contributed by atoms with Gasteiger partial charge < -0.3 is 0 Å². The standard InChI is InChI=1S/C12H11Cl3N2O2S/c1-7-12(20(15,18)19)8(2)17(16-7)6-9-3-4-10(13)11(14)5-9/h3-5H,6H2,1-2H3. The van der Waals surface area contributed by atoms with Crippen molar-refractivity contribution in [3.8, 4) is 0 Å². The van der Waals surface area contributed by atoms with Crippen molar-refractivity contribution in [2.24, 2.45) is 0 Å². The predicted octanol–water partition coefficient (Wildman–Crippen LogP) is 3.78. The van der Waals surface area contributed by atoms with E-state index in [0.29, 0.717) is 28.0 Å². The lowest BCUT2D eigenvalue weighted by Crippen LogP contribution is -2.04. The number of aromatic nitrogens is 2. The second-order valence-corrected chi connectivity index (χ2v) is 7.66. The van der Waals surface area contributed by atoms with Crippen LogP contribution in [0.3, 0.4) is 0 Å². The number of hydrogen-bond donors (Lipinski definition) is 0. The van der Waals surface area contributed by atoms with Gasteiger partial charge >= 0.3 is 0 Å². The zero-order valence-electron chi connectivity index (χ0n) is 10.7. The molecule has 1 aromatic carbocycles. The predicted molar refractivity (Wildman–Crippen MR) is 80.3 cm³/mol. The molecule has 2 aromatic rings. The third-order valence-electron chi connectivity index (χ3n) is 2.88. The average molecular weight is 354 g/mol. The summed E-state index contributed by atoms with van der Waals surface area (Å²) < 4.78 is 24.6. The highest BCUT2D eigenvalue weighted by Gasteiger charge is 2.22. The minimum Gasteiger partial charge on any atom is -0.264 e. The highest BCUT2D eigenvalue weighted by Crippen LogP contribution is 2.26. The molecule has 0 N–H and O–H groups in total. The van der Waals surface area contributed by atoms with Crippen molar-refractivity contribution in [1.82, 2.24) is 9.78 Å². The number of aryl methyl sites for hydroxylation is 1. The van der Waals surface area contributed by atoms with Gasteiger partial charge in [-0.05, 0) is 31.5 Å². The van der Waals surface area contributed by atoms with Crippen LogP contribution in [0.25, 0.3) is 0 Å². The summed E-state index contributed by atoms with van der Waals surface area (Å²) in [5, 5.41) is 5.11. The van der Waals surface area contributed by atoms with Crippen LogP contribution < -0.4 is 0 Å². The maximum atomic E-state index is 11.5. The molecular weight excluding hydrogens is 343 g/mol. The van der Waals surface area contributed by atoms with Crippen molar-refractivity contribution < 1.29 is 8.42 Å². The van der Waals surface area contributed by atoms with Crippen LogP contribution in [-0.2, 0) is 15.6 Å². The molecule has 0 saturated heterocycles. The normalized spacial score (nSPS) is 11.8. The van der Waals surface area contributed by atoms with Crippen LogP contribution in [0.5, 0.6) is 0 Å². The Balaban J connectivity index is 2.43. The molecule has 0 aliphatic carbocycles. The molecule has 0 bridgehead atoms. The van der Waals surface area contributed by atoms with Crippen LogP contribution in [0.2, 0.25) is 10.0 Å². The summed E-state index contributed by atoms with van der Waals surface area (Å²) >= 11 is 11.8. The molecule has 0 radical (unpaired) electrons. The Morgan fingerprint density at radius 1 is 1.20 bits per heavy atom. The quantitative estimate of drug-likeness (QED) is 0.789. The maximum Gasteiger partial charge on any atom is 0.264 e. The Kier molecular flexibility index (Phi) is 4.35. The SMILES string of the molecule is Cc1nn(Cc2ccc(Cl)c(Cl)c2)c(C)c1S(=O)(=O)Cl. The van der Waals surface area contributed by atoms with Gasteiger partial charge in [0.05, 0.1) is 28.0 Å². The van der Waals surface area contributed by atoms with E-state index < -0.39 is 9.05 Å². The summed E-state index contributed by atoms with van der Waals surface area (Å²) in [7, 11) is 1.60. The van der Waals surface area contributed by atoms with E-state index in [0.717, 1.165) is 5.56 Å². The molecule has 8 heteroatoms. The molecule has 0 aliphatic rings. The Morgan fingerprint density at radius 2 is 1.85 bits per heavy atom. The zero-order chi connectivity index (χ0) is 15.1. The molecule has 0 spiro atoms. The minimum atomic E-state index is -3.81. The summed E-state index contributed by atoms with van der Waals surface area (Å²) in [6, 6.07) is 5.21. The summed E-state index contributed by atoms with van der Waals surface area (Å²) in [6.45, 7) is 3.65. The van der Waals surface area contributed by atoms with Gasteiger partial charge in [0, 0.05) is 10.7 Å². The molecule has 0 unspecified atom stereocenters. The Morgan fingerprint density at radius 3 is 2.35 bits per heavy atom. The molecule has 108 valence electrons. The van der Waals surface area contributed by atoms with Crippen LogP contribution in [0.4, 0.5) is 0 Å². The average Bonchev–Trinajstić information content (AvgIpc) is 2.58. The van der Waals surface area contributed by atoms with Crippen LogP contribution >= 0.6 is 33.9 Å². The van der Waals surface area contributed by atoms with Gasteiger partial charge in [-0.25, -0.2) is 8.42 Å². The first-order chi connectivity index (χ1) is 9.20. The first-order valence-corrected chi connectivity index (χ1v) is 8.69. The first-order valence-electron chi connectivity index (χ1n) is 5.62. The van der Waals surface area contributed by atoms with Crippen molar-refractivity contribution in [2.75, 3.05) is 0 Å². The number of rotatable bonds is 3. The molecule has 20 heavy (non-hydrogen) atoms. The lowest BCUT2D eigenvalue weighted by Gasteiger charge is -2.06. The number of hydrogen-bond acceptors (Lipinski definition) is 3. The smallest absolute Gasteiger partial charge is 0.264 e. The van der Waals surface area contributed by atoms with E-state index in [1.165, 1.54) is 0 Å². The van der Waals surface area contributed by atoms with Crippen LogP contribution in [-0.4, -0.2) is 18.2 Å². The van der Waals surface area contributed by atoms with Crippen LogP contribution in [0.15, 0.2) is 23.1 Å². The maximum absolute atomic E-state index is 11.5. The minimum absolute atomic E-state index is 0.0548. The molecule has 0 amide bonds. The van der Waals surface area contributed by atoms with Gasteiger partial charge in [0.2, 0.25) is 0 Å². The molecule has 0 fully saturated rings. The molecule has 0 aliphatic heterocycles. The monoisotopic (exact) mass is 352 g/mol. The van der Waals surface area contributed by atoms with Gasteiger partial charge in [-0.15, -0.1) is 0 Å². The summed E-state index contributed by atoms with van der Waals surface area (Å²) in [5.41, 5.74) is 1.73. The van der Waals surface area contributed by atoms with E-state index in [2.05, 4.69) is 5.10 Å². The third-order valence-corrected chi connectivity index (χ3v) is 5.16. The Labute approximate surface area is 131 Å². The second-order valence-electron chi connectivity index (χ2n) is 4.34. The molecule has 1 heterocycles. The number of benzene rings is 1. The van der Waals surface area contributed by atoms with Crippen LogP contribution in [0.1, 0.15) is 17.0 Å². The third kappa shape index (κ3) is 3.11. The van der Waals surface area contributed by atoms with E-state index in [-0.39, 0.29) is 4.90 Å². The molecular formula is C12H11Cl3N2O2S. The zero-order valence-corrected chi connectivity index (χ0v) is 13.8. The van der Waals surface area contributed by atoms with E-state index in [1.807, 2.05) is 0 Å². The fraction of sp³-hybridized carbons (Fsp3) is 0.250. The van der Waals surface area contributed by atoms with Crippen molar-refractivity contribution in [3.05, 3.63) is 45.2 Å². The lowest BCUT2D eigenvalue weighted by molar-refractivity contribution is 0.607. The van der Waals surface area contributed by atoms with E-state index in [9.17, 15) is 8.42 Å².